The van der Waals surface area contributed by atoms with E-state index in [1.54, 1.807) is 0 Å². The highest BCUT2D eigenvalue weighted by Gasteiger charge is 2.25. The van der Waals surface area contributed by atoms with Crippen LogP contribution in [0.3, 0.4) is 0 Å². The molecule has 1 aliphatic heterocycles. The van der Waals surface area contributed by atoms with Gasteiger partial charge in [0.2, 0.25) is 0 Å². The summed E-state index contributed by atoms with van der Waals surface area (Å²) >= 11 is 7.50. The van der Waals surface area contributed by atoms with Crippen LogP contribution in [0.1, 0.15) is 17.4 Å². The van der Waals surface area contributed by atoms with E-state index in [0.717, 1.165) is 23.0 Å². The van der Waals surface area contributed by atoms with Crippen molar-refractivity contribution in [3.8, 4) is 0 Å². The highest BCUT2D eigenvalue weighted by Crippen LogP contribution is 2.39. The lowest BCUT2D eigenvalue weighted by Crippen LogP contribution is -2.30. The van der Waals surface area contributed by atoms with E-state index >= 15 is 0 Å². The van der Waals surface area contributed by atoms with E-state index in [9.17, 15) is 5.11 Å². The summed E-state index contributed by atoms with van der Waals surface area (Å²) < 4.78 is 0. The minimum absolute atomic E-state index is 0.0540. The zero-order valence-corrected chi connectivity index (χ0v) is 12.2. The van der Waals surface area contributed by atoms with Crippen LogP contribution in [0.4, 0.5) is 10.8 Å². The van der Waals surface area contributed by atoms with Crippen LogP contribution in [0.15, 0.2) is 24.3 Å². The zero-order chi connectivity index (χ0) is 13.4. The third-order valence-electron chi connectivity index (χ3n) is 3.36. The standard InChI is InChI=1S/C14H15ClN2OS/c1-9-6-10-4-2-3-5-11(10)17(7-9)14-16-13(15)12(8-18)19-14/h2-5,9,18H,6-8H2,1H3. The summed E-state index contributed by atoms with van der Waals surface area (Å²) in [6, 6.07) is 8.41. The van der Waals surface area contributed by atoms with Crippen molar-refractivity contribution in [1.29, 1.82) is 0 Å². The van der Waals surface area contributed by atoms with Gasteiger partial charge in [-0.3, -0.25) is 0 Å². The zero-order valence-electron chi connectivity index (χ0n) is 10.6. The quantitative estimate of drug-likeness (QED) is 0.919. The second kappa shape index (κ2) is 5.12. The van der Waals surface area contributed by atoms with Crippen molar-refractivity contribution < 1.29 is 5.11 Å². The number of halogens is 1. The fraction of sp³-hybridized carbons (Fsp3) is 0.357. The van der Waals surface area contributed by atoms with E-state index in [4.69, 9.17) is 11.6 Å². The molecule has 0 amide bonds. The molecule has 2 heterocycles. The van der Waals surface area contributed by atoms with Gasteiger partial charge in [-0.15, -0.1) is 0 Å². The van der Waals surface area contributed by atoms with Crippen LogP contribution in [0.2, 0.25) is 5.15 Å². The third-order valence-corrected chi connectivity index (χ3v) is 4.85. The Balaban J connectivity index is 2.04. The maximum Gasteiger partial charge on any atom is 0.191 e. The Morgan fingerprint density at radius 1 is 1.47 bits per heavy atom. The lowest BCUT2D eigenvalue weighted by molar-refractivity contribution is 0.285. The Bertz CT molecular complexity index is 599. The van der Waals surface area contributed by atoms with Crippen molar-refractivity contribution in [3.05, 3.63) is 39.9 Å². The predicted molar refractivity (Wildman–Crippen MR) is 79.4 cm³/mol. The second-order valence-electron chi connectivity index (χ2n) is 4.92. The molecule has 1 unspecified atom stereocenters. The smallest absolute Gasteiger partial charge is 0.191 e. The van der Waals surface area contributed by atoms with Gasteiger partial charge in [0.1, 0.15) is 5.15 Å². The molecule has 0 saturated carbocycles. The lowest BCUT2D eigenvalue weighted by atomic mass is 9.94. The first-order valence-electron chi connectivity index (χ1n) is 6.30. The molecule has 1 aromatic carbocycles. The average molecular weight is 295 g/mol. The normalized spacial score (nSPS) is 18.5. The molecular weight excluding hydrogens is 280 g/mol. The first-order valence-corrected chi connectivity index (χ1v) is 7.50. The highest BCUT2D eigenvalue weighted by molar-refractivity contribution is 7.16. The summed E-state index contributed by atoms with van der Waals surface area (Å²) in [6.45, 7) is 3.12. The van der Waals surface area contributed by atoms with Gasteiger partial charge in [-0.25, -0.2) is 4.98 Å². The van der Waals surface area contributed by atoms with Gasteiger partial charge in [0.15, 0.2) is 5.13 Å². The maximum atomic E-state index is 9.24. The number of para-hydroxylation sites is 1. The topological polar surface area (TPSA) is 36.4 Å². The Morgan fingerprint density at radius 2 is 2.26 bits per heavy atom. The number of benzene rings is 1. The summed E-state index contributed by atoms with van der Waals surface area (Å²) in [7, 11) is 0. The van der Waals surface area contributed by atoms with E-state index in [1.165, 1.54) is 22.6 Å². The molecule has 2 aromatic rings. The van der Waals surface area contributed by atoms with Crippen LogP contribution in [-0.4, -0.2) is 16.6 Å². The number of rotatable bonds is 2. The number of thiazole rings is 1. The molecule has 0 bridgehead atoms. The number of hydrogen-bond acceptors (Lipinski definition) is 4. The summed E-state index contributed by atoms with van der Waals surface area (Å²) in [5.74, 6) is 0.579. The van der Waals surface area contributed by atoms with Crippen molar-refractivity contribution in [3.63, 3.8) is 0 Å². The molecule has 19 heavy (non-hydrogen) atoms. The molecule has 5 heteroatoms. The molecule has 0 fully saturated rings. The Hall–Kier alpha value is -1.10. The van der Waals surface area contributed by atoms with Crippen molar-refractivity contribution in [1.82, 2.24) is 4.98 Å². The van der Waals surface area contributed by atoms with Gasteiger partial charge in [-0.2, -0.15) is 0 Å². The number of fused-ring (bicyclic) bond motifs is 1. The van der Waals surface area contributed by atoms with Crippen LogP contribution in [0.25, 0.3) is 0 Å². The molecule has 0 radical (unpaired) electrons. The van der Waals surface area contributed by atoms with Gasteiger partial charge in [-0.05, 0) is 24.0 Å². The van der Waals surface area contributed by atoms with Crippen molar-refractivity contribution in [2.45, 2.75) is 20.0 Å². The number of aliphatic hydroxyl groups is 1. The number of hydrogen-bond donors (Lipinski definition) is 1. The van der Waals surface area contributed by atoms with Crippen LogP contribution in [0, 0.1) is 5.92 Å². The SMILES string of the molecule is CC1Cc2ccccc2N(c2nc(Cl)c(CO)s2)C1. The van der Waals surface area contributed by atoms with Gasteiger partial charge in [0.25, 0.3) is 0 Å². The van der Waals surface area contributed by atoms with Gasteiger partial charge >= 0.3 is 0 Å². The van der Waals surface area contributed by atoms with Crippen molar-refractivity contribution in [2.75, 3.05) is 11.4 Å². The Labute approximate surface area is 121 Å². The second-order valence-corrected chi connectivity index (χ2v) is 6.34. The van der Waals surface area contributed by atoms with Gasteiger partial charge in [0, 0.05) is 12.2 Å². The van der Waals surface area contributed by atoms with Gasteiger partial charge in [0.05, 0.1) is 11.5 Å². The molecule has 1 N–H and O–H groups in total. The van der Waals surface area contributed by atoms with Gasteiger partial charge in [-0.1, -0.05) is 48.1 Å². The molecule has 3 rings (SSSR count). The summed E-state index contributed by atoms with van der Waals surface area (Å²) in [4.78, 5) is 7.32. The molecule has 0 saturated heterocycles. The van der Waals surface area contributed by atoms with E-state index in [1.807, 2.05) is 6.07 Å². The molecule has 0 spiro atoms. The maximum absolute atomic E-state index is 9.24. The molecule has 1 aromatic heterocycles. The molecule has 0 aliphatic carbocycles. The first-order chi connectivity index (χ1) is 9.19. The number of aliphatic hydroxyl groups excluding tert-OH is 1. The first kappa shape index (κ1) is 12.9. The fourth-order valence-corrected chi connectivity index (χ4v) is 3.65. The van der Waals surface area contributed by atoms with E-state index in [0.29, 0.717) is 11.1 Å². The van der Waals surface area contributed by atoms with Crippen LogP contribution < -0.4 is 4.90 Å². The van der Waals surface area contributed by atoms with E-state index in [2.05, 4.69) is 35.0 Å². The van der Waals surface area contributed by atoms with E-state index < -0.39 is 0 Å². The average Bonchev–Trinajstić information content (AvgIpc) is 2.79. The summed E-state index contributed by atoms with van der Waals surface area (Å²) in [5, 5.41) is 10.5. The fourth-order valence-electron chi connectivity index (χ4n) is 2.51. The highest BCUT2D eigenvalue weighted by atomic mass is 35.5. The Morgan fingerprint density at radius 3 is 3.00 bits per heavy atom. The number of nitrogens with zero attached hydrogens (tertiary/aromatic N) is 2. The van der Waals surface area contributed by atoms with Crippen LogP contribution in [0.5, 0.6) is 0 Å². The van der Waals surface area contributed by atoms with Gasteiger partial charge < -0.3 is 10.0 Å². The summed E-state index contributed by atoms with van der Waals surface area (Å²) in [6.07, 6.45) is 1.10. The molecular formula is C14H15ClN2OS. The number of anilines is 2. The molecule has 1 aliphatic rings. The van der Waals surface area contributed by atoms with Crippen molar-refractivity contribution in [2.24, 2.45) is 5.92 Å². The minimum atomic E-state index is -0.0540. The largest absolute Gasteiger partial charge is 0.391 e. The van der Waals surface area contributed by atoms with E-state index in [-0.39, 0.29) is 6.61 Å². The summed E-state index contributed by atoms with van der Waals surface area (Å²) in [5.41, 5.74) is 2.55. The van der Waals surface area contributed by atoms with Crippen LogP contribution >= 0.6 is 22.9 Å². The number of aromatic nitrogens is 1. The predicted octanol–water partition coefficient (Wildman–Crippen LogP) is 3.62. The van der Waals surface area contributed by atoms with Crippen LogP contribution in [-0.2, 0) is 13.0 Å². The minimum Gasteiger partial charge on any atom is -0.391 e. The third kappa shape index (κ3) is 2.36. The lowest BCUT2D eigenvalue weighted by Gasteiger charge is -2.32. The van der Waals surface area contributed by atoms with Crippen molar-refractivity contribution >= 4 is 33.8 Å². The molecule has 3 nitrogen and oxygen atoms in total. The Kier molecular flexibility index (Phi) is 3.48. The molecule has 100 valence electrons. The monoisotopic (exact) mass is 294 g/mol. The molecule has 1 atom stereocenters.